The molecule has 0 unspecified atom stereocenters. The number of nitrogens with zero attached hydrogens (tertiary/aromatic N) is 3. The third-order valence-corrected chi connectivity index (χ3v) is 2.47. The normalized spacial score (nSPS) is 11.2. The molecule has 1 aromatic heterocycles. The molecule has 0 spiro atoms. The summed E-state index contributed by atoms with van der Waals surface area (Å²) in [7, 11) is 0. The van der Waals surface area contributed by atoms with Crippen molar-refractivity contribution in [2.24, 2.45) is 4.99 Å². The maximum atomic E-state index is 9.70. The van der Waals surface area contributed by atoms with Crippen LogP contribution in [0.25, 0.3) is 0 Å². The molecule has 17 heavy (non-hydrogen) atoms. The van der Waals surface area contributed by atoms with Crippen LogP contribution >= 0.6 is 11.6 Å². The number of para-hydroxylation sites is 1. The average molecular weight is 246 g/mol. The Morgan fingerprint density at radius 3 is 2.65 bits per heavy atom. The molecule has 0 radical (unpaired) electrons. The van der Waals surface area contributed by atoms with Gasteiger partial charge in [-0.05, 0) is 24.3 Å². The standard InChI is InChI=1S/C12H8ClN3O/c13-10-5-1-2-6-11(10)15-12-7-3-4-9(8-14)16(12)17/h1-7,17H. The van der Waals surface area contributed by atoms with E-state index in [2.05, 4.69) is 4.99 Å². The van der Waals surface area contributed by atoms with E-state index < -0.39 is 0 Å². The van der Waals surface area contributed by atoms with E-state index in [9.17, 15) is 5.21 Å². The van der Waals surface area contributed by atoms with Gasteiger partial charge in [-0.25, -0.2) is 4.99 Å². The minimum atomic E-state index is 0.110. The molecule has 0 aliphatic carbocycles. The van der Waals surface area contributed by atoms with E-state index >= 15 is 0 Å². The zero-order chi connectivity index (χ0) is 12.3. The number of pyridine rings is 1. The number of hydrogen-bond donors (Lipinski definition) is 1. The molecule has 0 bridgehead atoms. The summed E-state index contributed by atoms with van der Waals surface area (Å²) in [5, 5.41) is 18.9. The van der Waals surface area contributed by atoms with Crippen molar-refractivity contribution in [3.63, 3.8) is 0 Å². The number of hydrogen-bond acceptors (Lipinski definition) is 3. The Balaban J connectivity index is 2.63. The van der Waals surface area contributed by atoms with Gasteiger partial charge in [0.1, 0.15) is 6.07 Å². The van der Waals surface area contributed by atoms with Crippen LogP contribution in [0.15, 0.2) is 47.5 Å². The molecule has 0 saturated carbocycles. The van der Waals surface area contributed by atoms with Gasteiger partial charge in [0, 0.05) is 0 Å². The van der Waals surface area contributed by atoms with E-state index in [1.165, 1.54) is 6.07 Å². The molecule has 4 nitrogen and oxygen atoms in total. The van der Waals surface area contributed by atoms with Gasteiger partial charge in [-0.1, -0.05) is 29.8 Å². The molecule has 0 aliphatic rings. The largest absolute Gasteiger partial charge is 0.426 e. The van der Waals surface area contributed by atoms with Crippen LogP contribution in [-0.4, -0.2) is 9.94 Å². The van der Waals surface area contributed by atoms with E-state index in [0.29, 0.717) is 10.7 Å². The third-order valence-electron chi connectivity index (χ3n) is 2.15. The molecule has 0 amide bonds. The van der Waals surface area contributed by atoms with Gasteiger partial charge >= 0.3 is 0 Å². The number of rotatable bonds is 1. The SMILES string of the molecule is N#Cc1cccc(=Nc2ccccc2Cl)n1O. The molecule has 0 aliphatic heterocycles. The molecular formula is C12H8ClN3O. The number of halogens is 1. The predicted molar refractivity (Wildman–Crippen MR) is 63.0 cm³/mol. The minimum Gasteiger partial charge on any atom is -0.426 e. The molecule has 84 valence electrons. The lowest BCUT2D eigenvalue weighted by atomic mass is 10.3. The van der Waals surface area contributed by atoms with Crippen LogP contribution in [0.4, 0.5) is 5.69 Å². The van der Waals surface area contributed by atoms with E-state index in [4.69, 9.17) is 16.9 Å². The van der Waals surface area contributed by atoms with Crippen molar-refractivity contribution in [2.45, 2.75) is 0 Å². The molecule has 2 rings (SSSR count). The first-order chi connectivity index (χ1) is 8.22. The molecule has 0 fully saturated rings. The number of benzene rings is 1. The smallest absolute Gasteiger partial charge is 0.169 e. The zero-order valence-corrected chi connectivity index (χ0v) is 9.46. The van der Waals surface area contributed by atoms with Crippen molar-refractivity contribution in [1.29, 1.82) is 5.26 Å². The Hall–Kier alpha value is -2.25. The van der Waals surface area contributed by atoms with Gasteiger partial charge in [0.25, 0.3) is 0 Å². The summed E-state index contributed by atoms with van der Waals surface area (Å²) >= 11 is 5.95. The van der Waals surface area contributed by atoms with Crippen LogP contribution in [-0.2, 0) is 0 Å². The number of aromatic nitrogens is 1. The van der Waals surface area contributed by atoms with Crippen LogP contribution in [0, 0.1) is 11.3 Å². The molecule has 0 atom stereocenters. The van der Waals surface area contributed by atoms with Crippen molar-refractivity contribution in [2.75, 3.05) is 0 Å². The fourth-order valence-corrected chi connectivity index (χ4v) is 1.50. The molecule has 2 aromatic rings. The summed E-state index contributed by atoms with van der Waals surface area (Å²) in [6.45, 7) is 0. The van der Waals surface area contributed by atoms with Crippen LogP contribution in [0.1, 0.15) is 5.69 Å². The maximum Gasteiger partial charge on any atom is 0.169 e. The minimum absolute atomic E-state index is 0.110. The fraction of sp³-hybridized carbons (Fsp3) is 0. The second-order valence-corrected chi connectivity index (χ2v) is 3.66. The zero-order valence-electron chi connectivity index (χ0n) is 8.71. The second kappa shape index (κ2) is 4.73. The summed E-state index contributed by atoms with van der Waals surface area (Å²) in [6.07, 6.45) is 0. The second-order valence-electron chi connectivity index (χ2n) is 3.26. The van der Waals surface area contributed by atoms with E-state index in [1.54, 1.807) is 36.4 Å². The quantitative estimate of drug-likeness (QED) is 0.785. The first kappa shape index (κ1) is 11.2. The Morgan fingerprint density at radius 2 is 1.94 bits per heavy atom. The van der Waals surface area contributed by atoms with Crippen molar-refractivity contribution in [3.8, 4) is 6.07 Å². The van der Waals surface area contributed by atoms with Crippen molar-refractivity contribution < 1.29 is 5.21 Å². The lowest BCUT2D eigenvalue weighted by molar-refractivity contribution is 0.169. The summed E-state index contributed by atoms with van der Waals surface area (Å²) in [6, 6.07) is 13.6. The van der Waals surface area contributed by atoms with Gasteiger partial charge in [0.05, 0.1) is 10.7 Å². The van der Waals surface area contributed by atoms with E-state index in [0.717, 1.165) is 4.73 Å². The van der Waals surface area contributed by atoms with Crippen molar-refractivity contribution >= 4 is 17.3 Å². The maximum absolute atomic E-state index is 9.70. The molecule has 1 aromatic carbocycles. The molecular weight excluding hydrogens is 238 g/mol. The highest BCUT2D eigenvalue weighted by molar-refractivity contribution is 6.32. The lowest BCUT2D eigenvalue weighted by Crippen LogP contribution is -2.19. The van der Waals surface area contributed by atoms with Gasteiger partial charge in [0.2, 0.25) is 0 Å². The summed E-state index contributed by atoms with van der Waals surface area (Å²) < 4.78 is 0.726. The topological polar surface area (TPSA) is 61.3 Å². The van der Waals surface area contributed by atoms with Crippen molar-refractivity contribution in [1.82, 2.24) is 4.73 Å². The van der Waals surface area contributed by atoms with Crippen LogP contribution in [0.3, 0.4) is 0 Å². The van der Waals surface area contributed by atoms with Crippen LogP contribution < -0.4 is 5.49 Å². The predicted octanol–water partition coefficient (Wildman–Crippen LogP) is 2.48. The highest BCUT2D eigenvalue weighted by Gasteiger charge is 2.00. The van der Waals surface area contributed by atoms with Crippen LogP contribution in [0.5, 0.6) is 0 Å². The molecule has 5 heteroatoms. The summed E-state index contributed by atoms with van der Waals surface area (Å²) in [5.41, 5.74) is 0.891. The molecule has 1 N–H and O–H groups in total. The number of nitriles is 1. The van der Waals surface area contributed by atoms with E-state index in [1.807, 2.05) is 6.07 Å². The van der Waals surface area contributed by atoms with Crippen molar-refractivity contribution in [3.05, 3.63) is 58.7 Å². The fourth-order valence-electron chi connectivity index (χ4n) is 1.33. The summed E-state index contributed by atoms with van der Waals surface area (Å²) in [4.78, 5) is 4.18. The highest BCUT2D eigenvalue weighted by Crippen LogP contribution is 2.22. The third kappa shape index (κ3) is 2.30. The van der Waals surface area contributed by atoms with Gasteiger partial charge in [-0.15, -0.1) is 0 Å². The summed E-state index contributed by atoms with van der Waals surface area (Å²) in [5.74, 6) is 0. The molecule has 1 heterocycles. The van der Waals surface area contributed by atoms with E-state index in [-0.39, 0.29) is 11.2 Å². The first-order valence-corrected chi connectivity index (χ1v) is 5.21. The highest BCUT2D eigenvalue weighted by atomic mass is 35.5. The average Bonchev–Trinajstić information content (AvgIpc) is 2.34. The Kier molecular flexibility index (Phi) is 3.12. The molecule has 0 saturated heterocycles. The lowest BCUT2D eigenvalue weighted by Gasteiger charge is -2.01. The van der Waals surface area contributed by atoms with Gasteiger partial charge < -0.3 is 5.21 Å². The van der Waals surface area contributed by atoms with Gasteiger partial charge in [-0.3, -0.25) is 0 Å². The first-order valence-electron chi connectivity index (χ1n) is 4.83. The Labute approximate surface area is 103 Å². The Bertz CT molecular complexity index is 655. The van der Waals surface area contributed by atoms with Crippen LogP contribution in [0.2, 0.25) is 5.02 Å². The van der Waals surface area contributed by atoms with Gasteiger partial charge in [-0.2, -0.15) is 9.99 Å². The monoisotopic (exact) mass is 245 g/mol. The Morgan fingerprint density at radius 1 is 1.18 bits per heavy atom. The van der Waals surface area contributed by atoms with Gasteiger partial charge in [0.15, 0.2) is 11.2 Å².